The van der Waals surface area contributed by atoms with Crippen LogP contribution in [0.4, 0.5) is 0 Å². The molecule has 1 saturated carbocycles. The fourth-order valence-corrected chi connectivity index (χ4v) is 2.95. The molecule has 0 aromatic carbocycles. The van der Waals surface area contributed by atoms with Gasteiger partial charge >= 0.3 is 0 Å². The van der Waals surface area contributed by atoms with Gasteiger partial charge in [0.1, 0.15) is 5.70 Å². The van der Waals surface area contributed by atoms with Crippen LogP contribution in [0.5, 0.6) is 0 Å². The molecule has 1 aliphatic heterocycles. The van der Waals surface area contributed by atoms with Gasteiger partial charge in [-0.1, -0.05) is 27.7 Å². The monoisotopic (exact) mass is 326 g/mol. The van der Waals surface area contributed by atoms with Gasteiger partial charge < -0.3 is 20.4 Å². The number of hydrazine groups is 1. The molecule has 0 spiro atoms. The number of ether oxygens (including phenoxy) is 1. The van der Waals surface area contributed by atoms with Crippen LogP contribution in [0.3, 0.4) is 0 Å². The maximum Gasteiger partial charge on any atom is 0.271 e. The second kappa shape index (κ2) is 9.13. The van der Waals surface area contributed by atoms with Crippen LogP contribution in [-0.2, 0) is 9.53 Å². The molecule has 134 valence electrons. The van der Waals surface area contributed by atoms with Crippen LogP contribution in [0.2, 0.25) is 0 Å². The molecule has 4 N–H and O–H groups in total. The van der Waals surface area contributed by atoms with Crippen molar-refractivity contribution in [1.29, 1.82) is 0 Å². The topological polar surface area (TPSA) is 84.8 Å². The van der Waals surface area contributed by atoms with Crippen molar-refractivity contribution < 1.29 is 9.53 Å². The van der Waals surface area contributed by atoms with Crippen molar-refractivity contribution in [3.05, 3.63) is 11.9 Å². The first-order chi connectivity index (χ1) is 10.9. The van der Waals surface area contributed by atoms with Gasteiger partial charge in [0.15, 0.2) is 0 Å². The summed E-state index contributed by atoms with van der Waals surface area (Å²) in [4.78, 5) is 13.9. The van der Waals surface area contributed by atoms with E-state index in [1.807, 2.05) is 13.8 Å². The van der Waals surface area contributed by atoms with Crippen LogP contribution in [0.15, 0.2) is 11.9 Å². The summed E-state index contributed by atoms with van der Waals surface area (Å²) in [6.07, 6.45) is 5.98. The zero-order valence-electron chi connectivity index (χ0n) is 15.2. The third-order valence-corrected chi connectivity index (χ3v) is 4.56. The van der Waals surface area contributed by atoms with Crippen molar-refractivity contribution in [2.24, 2.45) is 17.0 Å². The van der Waals surface area contributed by atoms with Gasteiger partial charge in [0.05, 0.1) is 13.2 Å². The molecule has 2 fully saturated rings. The Morgan fingerprint density at radius 2 is 1.74 bits per heavy atom. The summed E-state index contributed by atoms with van der Waals surface area (Å²) in [7, 11) is 0. The smallest absolute Gasteiger partial charge is 0.271 e. The Balaban J connectivity index is 0.00000127. The van der Waals surface area contributed by atoms with Crippen LogP contribution < -0.4 is 11.6 Å². The molecule has 0 radical (unpaired) electrons. The molecule has 6 nitrogen and oxygen atoms in total. The Labute approximate surface area is 140 Å². The maximum atomic E-state index is 12.2. The second-order valence-corrected chi connectivity index (χ2v) is 6.83. The van der Waals surface area contributed by atoms with E-state index >= 15 is 0 Å². The summed E-state index contributed by atoms with van der Waals surface area (Å²) in [5.74, 6) is 5.94. The Kier molecular flexibility index (Phi) is 7.85. The number of hydrogen-bond donors (Lipinski definition) is 2. The summed E-state index contributed by atoms with van der Waals surface area (Å²) in [6, 6.07) is 0.272. The van der Waals surface area contributed by atoms with E-state index in [0.717, 1.165) is 25.7 Å². The minimum atomic E-state index is -0.148. The first-order valence-corrected chi connectivity index (χ1v) is 8.76. The Morgan fingerprint density at radius 3 is 2.26 bits per heavy atom. The number of nitrogens with zero attached hydrogens (tertiary/aromatic N) is 2. The molecule has 0 atom stereocenters. The van der Waals surface area contributed by atoms with Crippen molar-refractivity contribution in [3.63, 3.8) is 0 Å². The lowest BCUT2D eigenvalue weighted by molar-refractivity contribution is -0.131. The number of carbonyl (C=O) groups excluding carboxylic acids is 1. The van der Waals surface area contributed by atoms with E-state index < -0.39 is 0 Å². The highest BCUT2D eigenvalue weighted by atomic mass is 16.5. The van der Waals surface area contributed by atoms with E-state index in [4.69, 9.17) is 16.3 Å². The van der Waals surface area contributed by atoms with E-state index in [2.05, 4.69) is 13.8 Å². The molecule has 23 heavy (non-hydrogen) atoms. The fraction of sp³-hybridized carbons (Fsp3) is 0.824. The Morgan fingerprint density at radius 1 is 1.22 bits per heavy atom. The second-order valence-electron chi connectivity index (χ2n) is 6.83. The summed E-state index contributed by atoms with van der Waals surface area (Å²) in [5, 5.41) is 1.63. The van der Waals surface area contributed by atoms with Crippen molar-refractivity contribution in [3.8, 4) is 0 Å². The number of amides is 1. The van der Waals surface area contributed by atoms with Gasteiger partial charge in [-0.05, 0) is 31.1 Å². The zero-order valence-corrected chi connectivity index (χ0v) is 15.2. The number of carbonyl (C=O) groups is 1. The lowest BCUT2D eigenvalue weighted by atomic mass is 9.75. The largest absolute Gasteiger partial charge is 0.393 e. The standard InChI is InChI=1S/C15H28N4O2.C2H6/c1-15(2)5-3-12(4-6-15)19(17)11-13(16)14(20)18-7-9-21-10-8-18;1-2/h11-12H,3-10,16-17H2,1-2H3;1-2H3/b13-11-;. The quantitative estimate of drug-likeness (QED) is 0.469. The fourth-order valence-electron chi connectivity index (χ4n) is 2.95. The van der Waals surface area contributed by atoms with Crippen LogP contribution in [0.1, 0.15) is 53.4 Å². The molecular weight excluding hydrogens is 292 g/mol. The number of nitrogens with two attached hydrogens (primary N) is 2. The number of morpholine rings is 1. The number of rotatable bonds is 3. The predicted octanol–water partition coefficient (Wildman–Crippen LogP) is 1.82. The zero-order chi connectivity index (χ0) is 17.5. The summed E-state index contributed by atoms with van der Waals surface area (Å²) < 4.78 is 5.24. The van der Waals surface area contributed by atoms with Gasteiger partial charge in [0.2, 0.25) is 0 Å². The maximum absolute atomic E-state index is 12.2. The molecule has 6 heteroatoms. The predicted molar refractivity (Wildman–Crippen MR) is 93.1 cm³/mol. The lowest BCUT2D eigenvalue weighted by Gasteiger charge is -2.38. The molecule has 0 aromatic rings. The summed E-state index contributed by atoms with van der Waals surface area (Å²) in [6.45, 7) is 10.9. The molecule has 1 amide bonds. The highest BCUT2D eigenvalue weighted by molar-refractivity contribution is 5.92. The first-order valence-electron chi connectivity index (χ1n) is 8.76. The van der Waals surface area contributed by atoms with Gasteiger partial charge in [0.25, 0.3) is 5.91 Å². The molecule has 2 aliphatic rings. The average molecular weight is 326 g/mol. The average Bonchev–Trinajstić information content (AvgIpc) is 2.56. The third-order valence-electron chi connectivity index (χ3n) is 4.56. The molecule has 1 saturated heterocycles. The summed E-state index contributed by atoms with van der Waals surface area (Å²) in [5.41, 5.74) is 6.53. The highest BCUT2D eigenvalue weighted by Crippen LogP contribution is 2.36. The Hall–Kier alpha value is -1.27. The summed E-state index contributed by atoms with van der Waals surface area (Å²) >= 11 is 0. The van der Waals surface area contributed by atoms with Gasteiger partial charge in [0, 0.05) is 25.3 Å². The number of hydrogen-bond acceptors (Lipinski definition) is 5. The van der Waals surface area contributed by atoms with Crippen LogP contribution in [-0.4, -0.2) is 48.2 Å². The molecule has 0 bridgehead atoms. The van der Waals surface area contributed by atoms with Gasteiger partial charge in [-0.25, -0.2) is 5.84 Å². The Bertz CT molecular complexity index is 393. The lowest BCUT2D eigenvalue weighted by Crippen LogP contribution is -2.45. The van der Waals surface area contributed by atoms with Gasteiger partial charge in [-0.2, -0.15) is 0 Å². The minimum absolute atomic E-state index is 0.148. The van der Waals surface area contributed by atoms with Crippen LogP contribution in [0, 0.1) is 5.41 Å². The van der Waals surface area contributed by atoms with Crippen molar-refractivity contribution in [2.75, 3.05) is 26.3 Å². The highest BCUT2D eigenvalue weighted by Gasteiger charge is 2.29. The van der Waals surface area contributed by atoms with Gasteiger partial charge in [-0.3, -0.25) is 4.79 Å². The normalized spacial score (nSPS) is 22.1. The van der Waals surface area contributed by atoms with Crippen molar-refractivity contribution in [1.82, 2.24) is 9.91 Å². The van der Waals surface area contributed by atoms with E-state index in [9.17, 15) is 4.79 Å². The molecular formula is C17H34N4O2. The minimum Gasteiger partial charge on any atom is -0.393 e. The van der Waals surface area contributed by atoms with Crippen LogP contribution >= 0.6 is 0 Å². The van der Waals surface area contributed by atoms with Crippen molar-refractivity contribution in [2.45, 2.75) is 59.4 Å². The van der Waals surface area contributed by atoms with E-state index in [-0.39, 0.29) is 17.6 Å². The van der Waals surface area contributed by atoms with E-state index in [1.54, 1.807) is 16.1 Å². The van der Waals surface area contributed by atoms with Crippen LogP contribution in [0.25, 0.3) is 0 Å². The molecule has 1 heterocycles. The molecule has 0 unspecified atom stereocenters. The third kappa shape index (κ3) is 6.03. The molecule has 1 aliphatic carbocycles. The van der Waals surface area contributed by atoms with Crippen molar-refractivity contribution >= 4 is 5.91 Å². The molecule has 2 rings (SSSR count). The first kappa shape index (κ1) is 19.8. The molecule has 0 aromatic heterocycles. The van der Waals surface area contributed by atoms with Gasteiger partial charge in [-0.15, -0.1) is 0 Å². The van der Waals surface area contributed by atoms with E-state index in [0.29, 0.717) is 31.7 Å². The van der Waals surface area contributed by atoms with E-state index in [1.165, 1.54) is 0 Å². The SMILES string of the molecule is CC.CC1(C)CCC(N(N)/C=C(\N)C(=O)N2CCOCC2)CC1.